The zero-order valence-electron chi connectivity index (χ0n) is 14.7. The Labute approximate surface area is 168 Å². The van der Waals surface area contributed by atoms with Gasteiger partial charge in [0, 0.05) is 0 Å². The van der Waals surface area contributed by atoms with Gasteiger partial charge in [-0.1, -0.05) is 12.1 Å². The first-order valence-corrected chi connectivity index (χ1v) is 9.70. The summed E-state index contributed by atoms with van der Waals surface area (Å²) in [6.45, 7) is 2.37. The molecule has 0 saturated heterocycles. The number of carboxylic acid groups (broad SMARTS) is 1. The van der Waals surface area contributed by atoms with Crippen molar-refractivity contribution >= 4 is 50.8 Å². The summed E-state index contributed by atoms with van der Waals surface area (Å²) in [6.07, 6.45) is 1.57. The van der Waals surface area contributed by atoms with Crippen molar-refractivity contribution in [1.29, 1.82) is 0 Å². The van der Waals surface area contributed by atoms with Gasteiger partial charge in [0.15, 0.2) is 16.7 Å². The second-order valence-corrected chi connectivity index (χ2v) is 7.33. The number of benzene rings is 2. The van der Waals surface area contributed by atoms with Crippen molar-refractivity contribution in [1.82, 2.24) is 9.97 Å². The third-order valence-corrected chi connectivity index (χ3v) is 5.11. The van der Waals surface area contributed by atoms with Gasteiger partial charge in [0.25, 0.3) is 0 Å². The summed E-state index contributed by atoms with van der Waals surface area (Å²) in [7, 11) is 1.54. The fraction of sp³-hybridized carbons (Fsp3) is 0.158. The van der Waals surface area contributed by atoms with Crippen LogP contribution in [-0.2, 0) is 4.79 Å². The Hall–Kier alpha value is -2.45. The van der Waals surface area contributed by atoms with Gasteiger partial charge in [-0.15, -0.1) is 0 Å². The topological polar surface area (TPSA) is 84.4 Å². The Morgan fingerprint density at radius 2 is 2.15 bits per heavy atom. The van der Waals surface area contributed by atoms with Crippen LogP contribution in [0.2, 0.25) is 0 Å². The molecule has 27 heavy (non-hydrogen) atoms. The molecule has 0 spiro atoms. The Morgan fingerprint density at radius 3 is 2.81 bits per heavy atom. The molecule has 140 valence electrons. The minimum Gasteiger partial charge on any atom is -0.493 e. The van der Waals surface area contributed by atoms with E-state index in [4.69, 9.17) is 9.47 Å². The molecule has 0 saturated carbocycles. The van der Waals surface area contributed by atoms with E-state index in [1.807, 2.05) is 31.2 Å². The fourth-order valence-electron chi connectivity index (χ4n) is 2.48. The van der Waals surface area contributed by atoms with Crippen LogP contribution >= 0.6 is 27.7 Å². The summed E-state index contributed by atoms with van der Waals surface area (Å²) in [4.78, 5) is 19.4. The lowest BCUT2D eigenvalue weighted by Gasteiger charge is -2.12. The molecule has 0 radical (unpaired) electrons. The number of ether oxygens (including phenoxy) is 2. The van der Waals surface area contributed by atoms with Crippen LogP contribution in [0.25, 0.3) is 17.1 Å². The molecule has 6 nitrogen and oxygen atoms in total. The van der Waals surface area contributed by atoms with Gasteiger partial charge in [-0.3, -0.25) is 0 Å². The van der Waals surface area contributed by atoms with Gasteiger partial charge >= 0.3 is 5.97 Å². The lowest BCUT2D eigenvalue weighted by atomic mass is 10.2. The monoisotopic (exact) mass is 448 g/mol. The quantitative estimate of drug-likeness (QED) is 0.392. The van der Waals surface area contributed by atoms with Crippen LogP contribution in [0.5, 0.6) is 11.5 Å². The van der Waals surface area contributed by atoms with E-state index in [0.29, 0.717) is 33.3 Å². The number of aromatic nitrogens is 2. The number of aromatic amines is 1. The third kappa shape index (κ3) is 4.45. The molecule has 0 aliphatic carbocycles. The molecule has 0 bridgehead atoms. The van der Waals surface area contributed by atoms with Crippen LogP contribution in [0.4, 0.5) is 0 Å². The first-order valence-electron chi connectivity index (χ1n) is 8.09. The normalized spacial score (nSPS) is 11.6. The summed E-state index contributed by atoms with van der Waals surface area (Å²) >= 11 is 4.51. The number of para-hydroxylation sites is 2. The molecule has 0 atom stereocenters. The summed E-state index contributed by atoms with van der Waals surface area (Å²) < 4.78 is 11.6. The number of carbonyl (C=O) groups is 1. The number of carboxylic acids is 1. The molecule has 3 aromatic rings. The molecular weight excluding hydrogens is 432 g/mol. The Bertz CT molecular complexity index is 983. The average molecular weight is 449 g/mol. The van der Waals surface area contributed by atoms with E-state index in [0.717, 1.165) is 22.8 Å². The summed E-state index contributed by atoms with van der Waals surface area (Å²) in [5.41, 5.74) is 2.31. The van der Waals surface area contributed by atoms with Crippen LogP contribution in [0.3, 0.4) is 0 Å². The number of halogens is 1. The average Bonchev–Trinajstić information content (AvgIpc) is 3.05. The number of H-pyrrole nitrogens is 1. The molecule has 3 rings (SSSR count). The number of imidazole rings is 1. The van der Waals surface area contributed by atoms with E-state index in [1.54, 1.807) is 25.3 Å². The minimum atomic E-state index is -1.04. The molecule has 2 N–H and O–H groups in total. The van der Waals surface area contributed by atoms with Crippen molar-refractivity contribution in [2.24, 2.45) is 0 Å². The second kappa shape index (κ2) is 8.49. The molecular formula is C19H17BrN2O4S. The van der Waals surface area contributed by atoms with Crippen LogP contribution in [0, 0.1) is 0 Å². The number of rotatable bonds is 7. The number of thioether (sulfide) groups is 1. The summed E-state index contributed by atoms with van der Waals surface area (Å²) in [5, 5.41) is 10.1. The van der Waals surface area contributed by atoms with Gasteiger partial charge in [-0.2, -0.15) is 0 Å². The highest BCUT2D eigenvalue weighted by atomic mass is 79.9. The van der Waals surface area contributed by atoms with Crippen LogP contribution in [-0.4, -0.2) is 34.8 Å². The van der Waals surface area contributed by atoms with Gasteiger partial charge in [-0.05, 0) is 70.5 Å². The maximum absolute atomic E-state index is 11.7. The van der Waals surface area contributed by atoms with E-state index >= 15 is 0 Å². The summed E-state index contributed by atoms with van der Waals surface area (Å²) in [6, 6.07) is 11.1. The lowest BCUT2D eigenvalue weighted by Crippen LogP contribution is -1.99. The van der Waals surface area contributed by atoms with E-state index in [1.165, 1.54) is 0 Å². The van der Waals surface area contributed by atoms with Gasteiger partial charge < -0.3 is 19.6 Å². The van der Waals surface area contributed by atoms with Crippen molar-refractivity contribution in [3.8, 4) is 11.5 Å². The van der Waals surface area contributed by atoms with Gasteiger partial charge in [0.05, 0.1) is 29.2 Å². The lowest BCUT2D eigenvalue weighted by molar-refractivity contribution is -0.131. The van der Waals surface area contributed by atoms with Crippen molar-refractivity contribution < 1.29 is 19.4 Å². The van der Waals surface area contributed by atoms with E-state index in [-0.39, 0.29) is 4.91 Å². The number of methoxy groups -OCH3 is 1. The second-order valence-electron chi connectivity index (χ2n) is 5.44. The third-order valence-electron chi connectivity index (χ3n) is 3.62. The standard InChI is InChI=1S/C19H17BrN2O4S/c1-3-26-17-12(20)8-11(9-15(17)25-2)10-16(18(23)24)27-19-21-13-6-4-5-7-14(13)22-19/h4-10H,3H2,1-2H3,(H,21,22)(H,23,24)/b16-10-. The number of aliphatic carboxylic acids is 1. The minimum absolute atomic E-state index is 0.132. The van der Waals surface area contributed by atoms with Crippen molar-refractivity contribution in [2.75, 3.05) is 13.7 Å². The van der Waals surface area contributed by atoms with Gasteiger partial charge in [-0.25, -0.2) is 9.78 Å². The number of hydrogen-bond donors (Lipinski definition) is 2. The first-order chi connectivity index (χ1) is 13.0. The van der Waals surface area contributed by atoms with Gasteiger partial charge in [0.2, 0.25) is 0 Å². The van der Waals surface area contributed by atoms with Crippen molar-refractivity contribution in [2.45, 2.75) is 12.1 Å². The van der Waals surface area contributed by atoms with Crippen LogP contribution in [0.15, 0.2) is 50.9 Å². The molecule has 0 unspecified atom stereocenters. The van der Waals surface area contributed by atoms with Crippen molar-refractivity contribution in [3.05, 3.63) is 51.3 Å². The largest absolute Gasteiger partial charge is 0.493 e. The smallest absolute Gasteiger partial charge is 0.342 e. The number of fused-ring (bicyclic) bond motifs is 1. The predicted molar refractivity (Wildman–Crippen MR) is 109 cm³/mol. The summed E-state index contributed by atoms with van der Waals surface area (Å²) in [5.74, 6) is 0.0688. The highest BCUT2D eigenvalue weighted by Crippen LogP contribution is 2.38. The molecule has 1 heterocycles. The zero-order valence-corrected chi connectivity index (χ0v) is 17.1. The predicted octanol–water partition coefficient (Wildman–Crippen LogP) is 4.95. The fourth-order valence-corrected chi connectivity index (χ4v) is 3.85. The number of nitrogens with zero attached hydrogens (tertiary/aromatic N) is 1. The molecule has 0 aliphatic rings. The Balaban J connectivity index is 1.95. The van der Waals surface area contributed by atoms with Crippen molar-refractivity contribution in [3.63, 3.8) is 0 Å². The first kappa shape index (κ1) is 19.3. The zero-order chi connectivity index (χ0) is 19.4. The molecule has 0 aliphatic heterocycles. The SMILES string of the molecule is CCOc1c(Br)cc(/C=C(\Sc2nc3ccccc3[nH]2)C(=O)O)cc1OC. The highest BCUT2D eigenvalue weighted by Gasteiger charge is 2.15. The van der Waals surface area contributed by atoms with Crippen LogP contribution in [0.1, 0.15) is 12.5 Å². The molecule has 8 heteroatoms. The maximum Gasteiger partial charge on any atom is 0.342 e. The number of nitrogens with one attached hydrogen (secondary N) is 1. The highest BCUT2D eigenvalue weighted by molar-refractivity contribution is 9.10. The Morgan fingerprint density at radius 1 is 1.37 bits per heavy atom. The van der Waals surface area contributed by atoms with E-state index < -0.39 is 5.97 Å². The number of hydrogen-bond acceptors (Lipinski definition) is 5. The van der Waals surface area contributed by atoms with E-state index in [9.17, 15) is 9.90 Å². The van der Waals surface area contributed by atoms with Gasteiger partial charge in [0.1, 0.15) is 4.91 Å². The maximum atomic E-state index is 11.7. The van der Waals surface area contributed by atoms with Crippen LogP contribution < -0.4 is 9.47 Å². The molecule has 1 aromatic heterocycles. The molecule has 0 amide bonds. The molecule has 0 fully saturated rings. The van der Waals surface area contributed by atoms with E-state index in [2.05, 4.69) is 25.9 Å². The molecule has 2 aromatic carbocycles. The Kier molecular flexibility index (Phi) is 6.08.